The first-order chi connectivity index (χ1) is 11.8. The van der Waals surface area contributed by atoms with Crippen molar-refractivity contribution in [1.29, 1.82) is 0 Å². The molecule has 0 heterocycles. The summed E-state index contributed by atoms with van der Waals surface area (Å²) in [6, 6.07) is 17.5. The lowest BCUT2D eigenvalue weighted by Gasteiger charge is -2.04. The number of unbranched alkanes of at least 4 members (excludes halogenated alkanes) is 3. The van der Waals surface area contributed by atoms with Crippen LogP contribution in [0.1, 0.15) is 39.0 Å². The van der Waals surface area contributed by atoms with Gasteiger partial charge in [-0.2, -0.15) is 10.2 Å². The lowest BCUT2D eigenvalue weighted by molar-refractivity contribution is 0.681. The minimum atomic E-state index is 0.515. The SMILES string of the molecule is CCCCCCC(CN)=Nc1ccc(N=Nc2ccccc2)cc1. The molecule has 2 aromatic rings. The number of azo groups is 1. The first kappa shape index (κ1) is 18.0. The lowest BCUT2D eigenvalue weighted by atomic mass is 10.1. The van der Waals surface area contributed by atoms with E-state index in [1.807, 2.05) is 54.6 Å². The molecule has 0 aromatic heterocycles. The van der Waals surface area contributed by atoms with Crippen molar-refractivity contribution < 1.29 is 0 Å². The number of benzene rings is 2. The van der Waals surface area contributed by atoms with Gasteiger partial charge in [0.25, 0.3) is 0 Å². The third-order valence-corrected chi connectivity index (χ3v) is 3.73. The Labute approximate surface area is 144 Å². The van der Waals surface area contributed by atoms with Gasteiger partial charge in [-0.15, -0.1) is 0 Å². The van der Waals surface area contributed by atoms with E-state index in [0.29, 0.717) is 6.54 Å². The second-order valence-corrected chi connectivity index (χ2v) is 5.74. The van der Waals surface area contributed by atoms with Crippen molar-refractivity contribution in [3.63, 3.8) is 0 Å². The smallest absolute Gasteiger partial charge is 0.0858 e. The van der Waals surface area contributed by atoms with Gasteiger partial charge in [0.15, 0.2) is 0 Å². The first-order valence-corrected chi connectivity index (χ1v) is 8.65. The normalized spacial score (nSPS) is 12.0. The molecule has 4 nitrogen and oxygen atoms in total. The molecule has 0 bridgehead atoms. The number of rotatable bonds is 9. The molecule has 0 atom stereocenters. The Balaban J connectivity index is 1.95. The van der Waals surface area contributed by atoms with E-state index in [0.717, 1.165) is 35.6 Å². The second-order valence-electron chi connectivity index (χ2n) is 5.74. The molecule has 2 N–H and O–H groups in total. The molecule has 0 aliphatic carbocycles. The van der Waals surface area contributed by atoms with Crippen LogP contribution in [-0.4, -0.2) is 12.3 Å². The van der Waals surface area contributed by atoms with Gasteiger partial charge in [0.2, 0.25) is 0 Å². The number of hydrogen-bond acceptors (Lipinski definition) is 4. The molecule has 0 unspecified atom stereocenters. The van der Waals surface area contributed by atoms with Crippen LogP contribution in [0.25, 0.3) is 0 Å². The fourth-order valence-electron chi connectivity index (χ4n) is 2.35. The zero-order chi connectivity index (χ0) is 17.0. The van der Waals surface area contributed by atoms with E-state index in [-0.39, 0.29) is 0 Å². The summed E-state index contributed by atoms with van der Waals surface area (Å²) in [4.78, 5) is 4.65. The van der Waals surface area contributed by atoms with Crippen LogP contribution in [-0.2, 0) is 0 Å². The van der Waals surface area contributed by atoms with Crippen LogP contribution < -0.4 is 5.73 Å². The Morgan fingerprint density at radius 1 is 0.792 bits per heavy atom. The van der Waals surface area contributed by atoms with Crippen LogP contribution in [0, 0.1) is 0 Å². The van der Waals surface area contributed by atoms with E-state index in [1.165, 1.54) is 19.3 Å². The van der Waals surface area contributed by atoms with E-state index in [9.17, 15) is 0 Å². The van der Waals surface area contributed by atoms with Crippen LogP contribution in [0.2, 0.25) is 0 Å². The van der Waals surface area contributed by atoms with Gasteiger partial charge < -0.3 is 5.73 Å². The Morgan fingerprint density at radius 2 is 1.42 bits per heavy atom. The van der Waals surface area contributed by atoms with Gasteiger partial charge in [0.05, 0.1) is 17.1 Å². The molecular formula is C20H26N4. The summed E-state index contributed by atoms with van der Waals surface area (Å²) < 4.78 is 0. The lowest BCUT2D eigenvalue weighted by Crippen LogP contribution is -2.13. The van der Waals surface area contributed by atoms with Crippen LogP contribution in [0.5, 0.6) is 0 Å². The van der Waals surface area contributed by atoms with Crippen molar-refractivity contribution in [3.05, 3.63) is 54.6 Å². The minimum Gasteiger partial charge on any atom is -0.325 e. The monoisotopic (exact) mass is 322 g/mol. The molecule has 2 aromatic carbocycles. The molecule has 0 spiro atoms. The van der Waals surface area contributed by atoms with Crippen molar-refractivity contribution >= 4 is 22.8 Å². The van der Waals surface area contributed by atoms with Crippen LogP contribution in [0.4, 0.5) is 17.1 Å². The highest BCUT2D eigenvalue weighted by molar-refractivity contribution is 5.88. The van der Waals surface area contributed by atoms with Gasteiger partial charge in [-0.05, 0) is 49.2 Å². The highest BCUT2D eigenvalue weighted by Crippen LogP contribution is 2.22. The molecule has 4 heteroatoms. The molecular weight excluding hydrogens is 296 g/mol. The van der Waals surface area contributed by atoms with Gasteiger partial charge >= 0.3 is 0 Å². The third-order valence-electron chi connectivity index (χ3n) is 3.73. The molecule has 0 fully saturated rings. The first-order valence-electron chi connectivity index (χ1n) is 8.65. The Morgan fingerprint density at radius 3 is 2.04 bits per heavy atom. The molecule has 126 valence electrons. The molecule has 2 rings (SSSR count). The highest BCUT2D eigenvalue weighted by atomic mass is 15.1. The van der Waals surface area contributed by atoms with E-state index in [4.69, 9.17) is 5.73 Å². The molecule has 0 radical (unpaired) electrons. The van der Waals surface area contributed by atoms with Crippen LogP contribution in [0.3, 0.4) is 0 Å². The number of aliphatic imine (C=N–C) groups is 1. The molecule has 0 saturated carbocycles. The predicted molar refractivity (Wildman–Crippen MR) is 102 cm³/mol. The van der Waals surface area contributed by atoms with Crippen molar-refractivity contribution in [2.45, 2.75) is 39.0 Å². The van der Waals surface area contributed by atoms with Gasteiger partial charge in [0, 0.05) is 12.3 Å². The summed E-state index contributed by atoms with van der Waals surface area (Å²) in [5.41, 5.74) is 9.45. The van der Waals surface area contributed by atoms with Gasteiger partial charge in [0.1, 0.15) is 0 Å². The quantitative estimate of drug-likeness (QED) is 0.338. The highest BCUT2D eigenvalue weighted by Gasteiger charge is 1.99. The summed E-state index contributed by atoms with van der Waals surface area (Å²) >= 11 is 0. The fraction of sp³-hybridized carbons (Fsp3) is 0.350. The maximum absolute atomic E-state index is 5.81. The van der Waals surface area contributed by atoms with E-state index in [1.54, 1.807) is 0 Å². The number of nitrogens with zero attached hydrogens (tertiary/aromatic N) is 3. The van der Waals surface area contributed by atoms with Crippen molar-refractivity contribution in [1.82, 2.24) is 0 Å². The van der Waals surface area contributed by atoms with E-state index >= 15 is 0 Å². The molecule has 0 amide bonds. The maximum Gasteiger partial charge on any atom is 0.0858 e. The number of nitrogens with two attached hydrogens (primary N) is 1. The molecule has 24 heavy (non-hydrogen) atoms. The topological polar surface area (TPSA) is 63.1 Å². The van der Waals surface area contributed by atoms with Crippen molar-refractivity contribution in [2.75, 3.05) is 6.54 Å². The standard InChI is InChI=1S/C20H26N4/c1-2-3-4-6-11-20(16-21)22-17-12-14-19(15-13-17)24-23-18-9-7-5-8-10-18/h5,7-10,12-15H,2-4,6,11,16,21H2,1H3. The maximum atomic E-state index is 5.81. The minimum absolute atomic E-state index is 0.515. The fourth-order valence-corrected chi connectivity index (χ4v) is 2.35. The summed E-state index contributed by atoms with van der Waals surface area (Å²) in [5, 5.41) is 8.45. The van der Waals surface area contributed by atoms with Gasteiger partial charge in [-0.3, -0.25) is 4.99 Å². The summed E-state index contributed by atoms with van der Waals surface area (Å²) in [7, 11) is 0. The van der Waals surface area contributed by atoms with E-state index < -0.39 is 0 Å². The third kappa shape index (κ3) is 6.42. The molecule has 0 aliphatic rings. The summed E-state index contributed by atoms with van der Waals surface area (Å²) in [6.45, 7) is 2.73. The summed E-state index contributed by atoms with van der Waals surface area (Å²) in [6.07, 6.45) is 5.90. The second kappa shape index (κ2) is 10.4. The Bertz CT molecular complexity index is 645. The summed E-state index contributed by atoms with van der Waals surface area (Å²) in [5.74, 6) is 0. The van der Waals surface area contributed by atoms with Gasteiger partial charge in [-0.25, -0.2) is 0 Å². The largest absolute Gasteiger partial charge is 0.325 e. The molecule has 0 aliphatic heterocycles. The Kier molecular flexibility index (Phi) is 7.84. The average Bonchev–Trinajstić information content (AvgIpc) is 2.64. The van der Waals surface area contributed by atoms with Crippen LogP contribution >= 0.6 is 0 Å². The number of hydrogen-bond donors (Lipinski definition) is 1. The van der Waals surface area contributed by atoms with Crippen molar-refractivity contribution in [3.8, 4) is 0 Å². The van der Waals surface area contributed by atoms with Gasteiger partial charge in [-0.1, -0.05) is 44.4 Å². The van der Waals surface area contributed by atoms with Crippen LogP contribution in [0.15, 0.2) is 69.8 Å². The zero-order valence-corrected chi connectivity index (χ0v) is 14.4. The Hall–Kier alpha value is -2.33. The molecule has 0 saturated heterocycles. The van der Waals surface area contributed by atoms with Crippen molar-refractivity contribution in [2.24, 2.45) is 21.0 Å². The van der Waals surface area contributed by atoms with E-state index in [2.05, 4.69) is 22.1 Å². The average molecular weight is 322 g/mol. The predicted octanol–water partition coefficient (Wildman–Crippen LogP) is 6.10. The zero-order valence-electron chi connectivity index (χ0n) is 14.4.